The Kier molecular flexibility index (Phi) is 4.95. The van der Waals surface area contributed by atoms with Crippen molar-refractivity contribution in [2.45, 2.75) is 6.92 Å². The highest BCUT2D eigenvalue weighted by molar-refractivity contribution is 6.41. The van der Waals surface area contributed by atoms with Crippen LogP contribution in [0.1, 0.15) is 5.56 Å². The van der Waals surface area contributed by atoms with Crippen LogP contribution in [0.3, 0.4) is 0 Å². The quantitative estimate of drug-likeness (QED) is 0.466. The van der Waals surface area contributed by atoms with Crippen LogP contribution < -0.4 is 10.6 Å². The van der Waals surface area contributed by atoms with Gasteiger partial charge in [0.15, 0.2) is 0 Å². The largest absolute Gasteiger partial charge is 0.508 e. The molecule has 0 saturated heterocycles. The molecule has 7 heteroatoms. The molecule has 2 amide bonds. The van der Waals surface area contributed by atoms with Gasteiger partial charge in [-0.15, -0.1) is 0 Å². The number of hydrogen-bond acceptors (Lipinski definition) is 2. The lowest BCUT2D eigenvalue weighted by Gasteiger charge is -2.14. The second kappa shape index (κ2) is 7.00. The summed E-state index contributed by atoms with van der Waals surface area (Å²) in [5.74, 6) is 0.0441. The molecule has 0 heterocycles. The average Bonchev–Trinajstić information content (AvgIpc) is 2.54. The van der Waals surface area contributed by atoms with E-state index in [0.717, 1.165) is 5.56 Å². The number of rotatable bonds is 2. The van der Waals surface area contributed by atoms with Crippen molar-refractivity contribution in [3.63, 3.8) is 0 Å². The van der Waals surface area contributed by atoms with Crippen molar-refractivity contribution in [2.75, 3.05) is 10.6 Å². The van der Waals surface area contributed by atoms with Crippen LogP contribution in [-0.4, -0.2) is 11.1 Å². The van der Waals surface area contributed by atoms with Crippen LogP contribution in [0.25, 0.3) is 10.8 Å². The van der Waals surface area contributed by atoms with Gasteiger partial charge >= 0.3 is 6.03 Å². The molecule has 0 unspecified atom stereocenters. The molecule has 3 rings (SSSR count). The average molecular weight is 396 g/mol. The number of fused-ring (bicyclic) bond motifs is 1. The Hall–Kier alpha value is -2.14. The third-order valence-corrected chi connectivity index (χ3v) is 4.71. The van der Waals surface area contributed by atoms with E-state index in [1.54, 1.807) is 30.3 Å². The standard InChI is InChI=1S/C18H13Cl3N2O2/c1-9-6-10(2-5-14(9)19)22-18(25)23-17-13-7-11(24)3-4-12(13)15(20)8-16(17)21/h2-8,24H,1H3,(H2,22,23,25). The Morgan fingerprint density at radius 2 is 1.64 bits per heavy atom. The topological polar surface area (TPSA) is 61.4 Å². The first-order valence-electron chi connectivity index (χ1n) is 7.30. The summed E-state index contributed by atoms with van der Waals surface area (Å²) in [5, 5.41) is 17.7. The van der Waals surface area contributed by atoms with Crippen LogP contribution in [0, 0.1) is 6.92 Å². The predicted molar refractivity (Wildman–Crippen MR) is 104 cm³/mol. The maximum Gasteiger partial charge on any atom is 0.323 e. The fraction of sp³-hybridized carbons (Fsp3) is 0.0556. The molecule has 0 saturated carbocycles. The third-order valence-electron chi connectivity index (χ3n) is 3.68. The number of amides is 2. The minimum absolute atomic E-state index is 0.0441. The summed E-state index contributed by atoms with van der Waals surface area (Å²) in [6.07, 6.45) is 0. The van der Waals surface area contributed by atoms with Crippen LogP contribution in [0.15, 0.2) is 42.5 Å². The van der Waals surface area contributed by atoms with Crippen molar-refractivity contribution in [1.82, 2.24) is 0 Å². The summed E-state index contributed by atoms with van der Waals surface area (Å²) in [6.45, 7) is 1.85. The first-order chi connectivity index (χ1) is 11.8. The number of carbonyl (C=O) groups excluding carboxylic acids is 1. The first-order valence-corrected chi connectivity index (χ1v) is 8.43. The maximum atomic E-state index is 12.3. The molecule has 0 aliphatic rings. The van der Waals surface area contributed by atoms with Crippen molar-refractivity contribution >= 4 is 63.0 Å². The molecule has 3 aromatic rings. The van der Waals surface area contributed by atoms with E-state index < -0.39 is 6.03 Å². The zero-order valence-corrected chi connectivity index (χ0v) is 15.3. The Labute approximate surface area is 159 Å². The minimum atomic E-state index is -0.476. The highest BCUT2D eigenvalue weighted by Crippen LogP contribution is 2.38. The number of nitrogens with one attached hydrogen (secondary N) is 2. The fourth-order valence-corrected chi connectivity index (χ4v) is 3.17. The molecule has 25 heavy (non-hydrogen) atoms. The monoisotopic (exact) mass is 394 g/mol. The molecule has 4 nitrogen and oxygen atoms in total. The van der Waals surface area contributed by atoms with Crippen molar-refractivity contribution in [3.8, 4) is 5.75 Å². The van der Waals surface area contributed by atoms with E-state index in [2.05, 4.69) is 10.6 Å². The number of anilines is 2. The SMILES string of the molecule is Cc1cc(NC(=O)Nc2c(Cl)cc(Cl)c3ccc(O)cc23)ccc1Cl. The van der Waals surface area contributed by atoms with Gasteiger partial charge in [0.2, 0.25) is 0 Å². The summed E-state index contributed by atoms with van der Waals surface area (Å²) < 4.78 is 0. The van der Waals surface area contributed by atoms with Gasteiger partial charge in [0.25, 0.3) is 0 Å². The molecule has 0 fully saturated rings. The number of aryl methyl sites for hydroxylation is 1. The fourth-order valence-electron chi connectivity index (χ4n) is 2.46. The summed E-state index contributed by atoms with van der Waals surface area (Å²) >= 11 is 18.4. The molecule has 0 spiro atoms. The van der Waals surface area contributed by atoms with E-state index in [4.69, 9.17) is 34.8 Å². The van der Waals surface area contributed by atoms with Crippen molar-refractivity contribution in [3.05, 3.63) is 63.1 Å². The molecule has 0 bridgehead atoms. The van der Waals surface area contributed by atoms with Crippen LogP contribution in [-0.2, 0) is 0 Å². The lowest BCUT2D eigenvalue weighted by Crippen LogP contribution is -2.20. The Morgan fingerprint density at radius 1 is 0.880 bits per heavy atom. The van der Waals surface area contributed by atoms with Crippen LogP contribution in [0.5, 0.6) is 5.75 Å². The molecule has 0 radical (unpaired) electrons. The Morgan fingerprint density at radius 3 is 2.36 bits per heavy atom. The van der Waals surface area contributed by atoms with Gasteiger partial charge in [0.05, 0.1) is 15.7 Å². The zero-order chi connectivity index (χ0) is 18.1. The van der Waals surface area contributed by atoms with E-state index >= 15 is 0 Å². The van der Waals surface area contributed by atoms with Crippen molar-refractivity contribution in [1.29, 1.82) is 0 Å². The highest BCUT2D eigenvalue weighted by atomic mass is 35.5. The second-order valence-corrected chi connectivity index (χ2v) is 6.71. The van der Waals surface area contributed by atoms with E-state index in [9.17, 15) is 9.90 Å². The predicted octanol–water partition coefficient (Wildman–Crippen LogP) is 6.46. The molecule has 0 aliphatic carbocycles. The minimum Gasteiger partial charge on any atom is -0.508 e. The Bertz CT molecular complexity index is 990. The van der Waals surface area contributed by atoms with E-state index in [-0.39, 0.29) is 10.8 Å². The lowest BCUT2D eigenvalue weighted by atomic mass is 10.1. The number of phenols is 1. The zero-order valence-electron chi connectivity index (χ0n) is 13.0. The van der Waals surface area contributed by atoms with Crippen LogP contribution >= 0.6 is 34.8 Å². The number of phenolic OH excluding ortho intramolecular Hbond substituents is 1. The third kappa shape index (κ3) is 3.76. The normalized spacial score (nSPS) is 10.7. The number of aromatic hydroxyl groups is 1. The maximum absolute atomic E-state index is 12.3. The molecule has 0 atom stereocenters. The molecular formula is C18H13Cl3N2O2. The first kappa shape index (κ1) is 17.7. The van der Waals surface area contributed by atoms with Gasteiger partial charge in [0, 0.05) is 21.5 Å². The van der Waals surface area contributed by atoms with Gasteiger partial charge in [0.1, 0.15) is 5.75 Å². The van der Waals surface area contributed by atoms with Gasteiger partial charge in [-0.2, -0.15) is 0 Å². The molecule has 0 aliphatic heterocycles. The van der Waals surface area contributed by atoms with Crippen molar-refractivity contribution < 1.29 is 9.90 Å². The summed E-state index contributed by atoms with van der Waals surface area (Å²) in [7, 11) is 0. The lowest BCUT2D eigenvalue weighted by molar-refractivity contribution is 0.262. The summed E-state index contributed by atoms with van der Waals surface area (Å²) in [4.78, 5) is 12.3. The molecule has 3 N–H and O–H groups in total. The van der Waals surface area contributed by atoms with Crippen LogP contribution in [0.4, 0.5) is 16.2 Å². The van der Waals surface area contributed by atoms with E-state index in [0.29, 0.717) is 32.2 Å². The number of benzene rings is 3. The summed E-state index contributed by atoms with van der Waals surface area (Å²) in [6, 6.07) is 10.9. The molecule has 128 valence electrons. The number of urea groups is 1. The number of hydrogen-bond donors (Lipinski definition) is 3. The van der Waals surface area contributed by atoms with Crippen LogP contribution in [0.2, 0.25) is 15.1 Å². The van der Waals surface area contributed by atoms with E-state index in [1.165, 1.54) is 12.1 Å². The van der Waals surface area contributed by atoms with Gasteiger partial charge in [-0.3, -0.25) is 0 Å². The molecule has 0 aromatic heterocycles. The second-order valence-electron chi connectivity index (χ2n) is 5.49. The molecule has 3 aromatic carbocycles. The van der Waals surface area contributed by atoms with Crippen molar-refractivity contribution in [2.24, 2.45) is 0 Å². The summed E-state index contributed by atoms with van der Waals surface area (Å²) in [5.41, 5.74) is 1.80. The van der Waals surface area contributed by atoms with Gasteiger partial charge in [-0.1, -0.05) is 34.8 Å². The van der Waals surface area contributed by atoms with Gasteiger partial charge < -0.3 is 15.7 Å². The number of carbonyl (C=O) groups is 1. The van der Waals surface area contributed by atoms with Gasteiger partial charge in [-0.05, 0) is 55.0 Å². The van der Waals surface area contributed by atoms with E-state index in [1.807, 2.05) is 6.92 Å². The molecular weight excluding hydrogens is 383 g/mol. The smallest absolute Gasteiger partial charge is 0.323 e. The number of halogens is 3. The van der Waals surface area contributed by atoms with Gasteiger partial charge in [-0.25, -0.2) is 4.79 Å². The highest BCUT2D eigenvalue weighted by Gasteiger charge is 2.14. The Balaban J connectivity index is 1.93.